The van der Waals surface area contributed by atoms with E-state index in [2.05, 4.69) is 10.3 Å². The average Bonchev–Trinajstić information content (AvgIpc) is 2.38. The van der Waals surface area contributed by atoms with Gasteiger partial charge in [0.25, 0.3) is 0 Å². The summed E-state index contributed by atoms with van der Waals surface area (Å²) in [5, 5.41) is 2.87. The highest BCUT2D eigenvalue weighted by atomic mass is 16.1. The molecule has 1 aromatic heterocycles. The number of nitrogens with zero attached hydrogens (tertiary/aromatic N) is 1. The Morgan fingerprint density at radius 1 is 1.22 bits per heavy atom. The maximum Gasteiger partial charge on any atom is 0.224 e. The van der Waals surface area contributed by atoms with Crippen molar-refractivity contribution in [3.63, 3.8) is 0 Å². The van der Waals surface area contributed by atoms with Crippen LogP contribution in [0.1, 0.15) is 17.7 Å². The van der Waals surface area contributed by atoms with E-state index in [1.165, 1.54) is 5.56 Å². The lowest BCUT2D eigenvalue weighted by molar-refractivity contribution is -0.116. The number of benzene rings is 1. The third kappa shape index (κ3) is 3.70. The van der Waals surface area contributed by atoms with Gasteiger partial charge in [-0.25, -0.2) is 0 Å². The van der Waals surface area contributed by atoms with Crippen LogP contribution in [-0.4, -0.2) is 10.9 Å². The van der Waals surface area contributed by atoms with Crippen LogP contribution in [-0.2, 0) is 11.2 Å². The van der Waals surface area contributed by atoms with Gasteiger partial charge in [-0.1, -0.05) is 30.3 Å². The van der Waals surface area contributed by atoms with Gasteiger partial charge in [0.1, 0.15) is 0 Å². The SMILES string of the molecule is Cc1cc(NC(=O)CCc2ccccc2)ccn1. The lowest BCUT2D eigenvalue weighted by Gasteiger charge is -2.05. The van der Waals surface area contributed by atoms with Crippen LogP contribution in [0.25, 0.3) is 0 Å². The van der Waals surface area contributed by atoms with Crippen molar-refractivity contribution in [2.24, 2.45) is 0 Å². The normalized spacial score (nSPS) is 10.1. The van der Waals surface area contributed by atoms with Gasteiger partial charge in [-0.3, -0.25) is 9.78 Å². The first kappa shape index (κ1) is 12.3. The van der Waals surface area contributed by atoms with Crippen LogP contribution in [0.2, 0.25) is 0 Å². The van der Waals surface area contributed by atoms with Gasteiger partial charge < -0.3 is 5.32 Å². The molecular formula is C15H16N2O. The Kier molecular flexibility index (Phi) is 4.07. The number of hydrogen-bond donors (Lipinski definition) is 1. The van der Waals surface area contributed by atoms with Crippen molar-refractivity contribution >= 4 is 11.6 Å². The Hall–Kier alpha value is -2.16. The van der Waals surface area contributed by atoms with Crippen molar-refractivity contribution in [2.75, 3.05) is 5.32 Å². The van der Waals surface area contributed by atoms with Gasteiger partial charge in [0.2, 0.25) is 5.91 Å². The molecule has 0 saturated heterocycles. The third-order valence-corrected chi connectivity index (χ3v) is 2.66. The van der Waals surface area contributed by atoms with Crippen LogP contribution in [0.4, 0.5) is 5.69 Å². The first-order valence-electron chi connectivity index (χ1n) is 6.00. The molecule has 0 aliphatic carbocycles. The number of carbonyl (C=O) groups excluding carboxylic acids is 1. The average molecular weight is 240 g/mol. The molecule has 1 amide bonds. The second-order valence-corrected chi connectivity index (χ2v) is 4.22. The van der Waals surface area contributed by atoms with Gasteiger partial charge in [0, 0.05) is 24.0 Å². The molecule has 0 spiro atoms. The summed E-state index contributed by atoms with van der Waals surface area (Å²) in [5.74, 6) is 0.0319. The fourth-order valence-corrected chi connectivity index (χ4v) is 1.75. The number of carbonyl (C=O) groups is 1. The Morgan fingerprint density at radius 3 is 2.72 bits per heavy atom. The van der Waals surface area contributed by atoms with Gasteiger partial charge in [-0.2, -0.15) is 0 Å². The lowest BCUT2D eigenvalue weighted by Crippen LogP contribution is -2.12. The number of hydrogen-bond acceptors (Lipinski definition) is 2. The van der Waals surface area contributed by atoms with Crippen molar-refractivity contribution in [1.82, 2.24) is 4.98 Å². The van der Waals surface area contributed by atoms with Crippen molar-refractivity contribution in [3.05, 3.63) is 59.9 Å². The van der Waals surface area contributed by atoms with Gasteiger partial charge in [-0.05, 0) is 31.0 Å². The van der Waals surface area contributed by atoms with E-state index in [9.17, 15) is 4.79 Å². The minimum atomic E-state index is 0.0319. The fourth-order valence-electron chi connectivity index (χ4n) is 1.75. The zero-order valence-electron chi connectivity index (χ0n) is 10.4. The molecule has 3 nitrogen and oxygen atoms in total. The van der Waals surface area contributed by atoms with Crippen molar-refractivity contribution in [1.29, 1.82) is 0 Å². The highest BCUT2D eigenvalue weighted by Crippen LogP contribution is 2.09. The lowest BCUT2D eigenvalue weighted by atomic mass is 10.1. The zero-order chi connectivity index (χ0) is 12.8. The first-order chi connectivity index (χ1) is 8.74. The van der Waals surface area contributed by atoms with Crippen molar-refractivity contribution < 1.29 is 4.79 Å². The summed E-state index contributed by atoms with van der Waals surface area (Å²) in [7, 11) is 0. The van der Waals surface area contributed by atoms with E-state index in [-0.39, 0.29) is 5.91 Å². The van der Waals surface area contributed by atoms with Gasteiger partial charge in [0.05, 0.1) is 0 Å². The summed E-state index contributed by atoms with van der Waals surface area (Å²) < 4.78 is 0. The third-order valence-electron chi connectivity index (χ3n) is 2.66. The summed E-state index contributed by atoms with van der Waals surface area (Å²) in [6.45, 7) is 1.90. The minimum absolute atomic E-state index is 0.0319. The van der Waals surface area contributed by atoms with Crippen LogP contribution in [0.5, 0.6) is 0 Å². The molecule has 92 valence electrons. The topological polar surface area (TPSA) is 42.0 Å². The molecule has 0 aliphatic rings. The number of rotatable bonds is 4. The minimum Gasteiger partial charge on any atom is -0.326 e. The quantitative estimate of drug-likeness (QED) is 0.892. The number of nitrogens with one attached hydrogen (secondary N) is 1. The van der Waals surface area contributed by atoms with Crippen LogP contribution >= 0.6 is 0 Å². The van der Waals surface area contributed by atoms with Gasteiger partial charge in [-0.15, -0.1) is 0 Å². The van der Waals surface area contributed by atoms with Gasteiger partial charge >= 0.3 is 0 Å². The molecule has 2 aromatic rings. The molecule has 0 radical (unpaired) electrons. The maximum atomic E-state index is 11.8. The fraction of sp³-hybridized carbons (Fsp3) is 0.200. The zero-order valence-corrected chi connectivity index (χ0v) is 10.4. The number of aryl methyl sites for hydroxylation is 2. The predicted octanol–water partition coefficient (Wildman–Crippen LogP) is 2.96. The highest BCUT2D eigenvalue weighted by Gasteiger charge is 2.03. The van der Waals surface area contributed by atoms with Crippen LogP contribution in [0, 0.1) is 6.92 Å². The molecular weight excluding hydrogens is 224 g/mol. The summed E-state index contributed by atoms with van der Waals surface area (Å²) in [5.41, 5.74) is 2.88. The van der Waals surface area contributed by atoms with E-state index in [1.807, 2.05) is 43.3 Å². The standard InChI is InChI=1S/C15H16N2O/c1-12-11-14(9-10-16-12)17-15(18)8-7-13-5-3-2-4-6-13/h2-6,9-11H,7-8H2,1H3,(H,16,17,18). The molecule has 1 heterocycles. The Labute approximate surface area is 107 Å². The molecule has 0 fully saturated rings. The monoisotopic (exact) mass is 240 g/mol. The molecule has 1 aromatic carbocycles. The first-order valence-corrected chi connectivity index (χ1v) is 6.00. The van der Waals surface area contributed by atoms with E-state index in [0.717, 1.165) is 17.8 Å². The Bertz CT molecular complexity index is 523. The summed E-state index contributed by atoms with van der Waals surface area (Å²) in [4.78, 5) is 15.9. The molecule has 0 atom stereocenters. The van der Waals surface area contributed by atoms with Crippen molar-refractivity contribution in [3.8, 4) is 0 Å². The molecule has 0 aliphatic heterocycles. The molecule has 0 unspecified atom stereocenters. The largest absolute Gasteiger partial charge is 0.326 e. The molecule has 18 heavy (non-hydrogen) atoms. The van der Waals surface area contributed by atoms with E-state index < -0.39 is 0 Å². The van der Waals surface area contributed by atoms with E-state index in [1.54, 1.807) is 12.3 Å². The van der Waals surface area contributed by atoms with Crippen molar-refractivity contribution in [2.45, 2.75) is 19.8 Å². The van der Waals surface area contributed by atoms with E-state index >= 15 is 0 Å². The molecule has 0 saturated carbocycles. The summed E-state index contributed by atoms with van der Waals surface area (Å²) in [6, 6.07) is 13.7. The maximum absolute atomic E-state index is 11.8. The number of amides is 1. The molecule has 1 N–H and O–H groups in total. The van der Waals surface area contributed by atoms with Crippen LogP contribution in [0.3, 0.4) is 0 Å². The van der Waals surface area contributed by atoms with E-state index in [4.69, 9.17) is 0 Å². The van der Waals surface area contributed by atoms with Crippen LogP contribution < -0.4 is 5.32 Å². The molecule has 2 rings (SSSR count). The predicted molar refractivity (Wildman–Crippen MR) is 72.4 cm³/mol. The Balaban J connectivity index is 1.86. The van der Waals surface area contributed by atoms with Crippen LogP contribution in [0.15, 0.2) is 48.7 Å². The smallest absolute Gasteiger partial charge is 0.224 e. The second kappa shape index (κ2) is 5.96. The second-order valence-electron chi connectivity index (χ2n) is 4.22. The van der Waals surface area contributed by atoms with E-state index in [0.29, 0.717) is 6.42 Å². The molecule has 3 heteroatoms. The summed E-state index contributed by atoms with van der Waals surface area (Å²) in [6.07, 6.45) is 2.95. The Morgan fingerprint density at radius 2 is 2.00 bits per heavy atom. The summed E-state index contributed by atoms with van der Waals surface area (Å²) >= 11 is 0. The number of pyridine rings is 1. The number of aromatic nitrogens is 1. The van der Waals surface area contributed by atoms with Gasteiger partial charge in [0.15, 0.2) is 0 Å². The molecule has 0 bridgehead atoms. The number of anilines is 1. The highest BCUT2D eigenvalue weighted by molar-refractivity contribution is 5.90.